The van der Waals surface area contributed by atoms with Crippen LogP contribution in [0.5, 0.6) is 0 Å². The molecule has 1 atom stereocenters. The van der Waals surface area contributed by atoms with Crippen LogP contribution in [0.2, 0.25) is 0 Å². The number of rotatable bonds is 7. The van der Waals surface area contributed by atoms with Crippen LogP contribution in [0.3, 0.4) is 0 Å². The standard InChI is InChI=1S/C59H39N3O/c1-3-13-38(14-4-1)41-27-29-42(30-28-41)45-33-34-54-53(37-45)56-51(24-12-26-55(56)63-54)49-22-10-23-50-48(49)21-11-25-52(50)59-61-57(46-20-9-19-44(35-46)39-15-5-2-6-16-39)60-58(62-59)47-32-31-40-17-7-8-18-43(40)36-47/h1-37,57H,(H,60,61,62). The first-order valence-corrected chi connectivity index (χ1v) is 21.4. The Hall–Kier alpha value is -8.34. The fraction of sp³-hybridized carbons (Fsp3) is 0.0169. The van der Waals surface area contributed by atoms with E-state index < -0.39 is 0 Å². The quantitative estimate of drug-likeness (QED) is 0.174. The monoisotopic (exact) mass is 805 g/mol. The van der Waals surface area contributed by atoms with Crippen molar-refractivity contribution in [2.45, 2.75) is 6.17 Å². The zero-order valence-corrected chi connectivity index (χ0v) is 34.2. The van der Waals surface area contributed by atoms with Crippen LogP contribution >= 0.6 is 0 Å². The lowest BCUT2D eigenvalue weighted by molar-refractivity contribution is 0.669. The molecule has 2 heterocycles. The third kappa shape index (κ3) is 6.66. The summed E-state index contributed by atoms with van der Waals surface area (Å²) >= 11 is 0. The van der Waals surface area contributed by atoms with Crippen LogP contribution in [0.4, 0.5) is 0 Å². The molecule has 0 saturated carbocycles. The van der Waals surface area contributed by atoms with E-state index in [-0.39, 0.29) is 6.17 Å². The van der Waals surface area contributed by atoms with Gasteiger partial charge in [0.2, 0.25) is 0 Å². The molecule has 0 radical (unpaired) electrons. The molecular formula is C59H39N3O. The van der Waals surface area contributed by atoms with Gasteiger partial charge in [0.15, 0.2) is 5.84 Å². The van der Waals surface area contributed by atoms with E-state index in [1.54, 1.807) is 0 Å². The summed E-state index contributed by atoms with van der Waals surface area (Å²) in [6.45, 7) is 0. The number of aliphatic imine (C=N–C) groups is 2. The summed E-state index contributed by atoms with van der Waals surface area (Å²) in [5.74, 6) is 1.47. The van der Waals surface area contributed by atoms with Crippen LogP contribution < -0.4 is 5.32 Å². The second-order valence-electron chi connectivity index (χ2n) is 16.2. The third-order valence-electron chi connectivity index (χ3n) is 12.3. The summed E-state index contributed by atoms with van der Waals surface area (Å²) in [6, 6.07) is 79.5. The van der Waals surface area contributed by atoms with Crippen molar-refractivity contribution in [2.75, 3.05) is 0 Å². The molecule has 11 aromatic rings. The fourth-order valence-electron chi connectivity index (χ4n) is 9.20. The van der Waals surface area contributed by atoms with Crippen molar-refractivity contribution < 1.29 is 4.42 Å². The highest BCUT2D eigenvalue weighted by atomic mass is 16.3. The van der Waals surface area contributed by atoms with Gasteiger partial charge in [-0.2, -0.15) is 0 Å². The predicted octanol–water partition coefficient (Wildman–Crippen LogP) is 15.1. The Labute approximate surface area is 365 Å². The first kappa shape index (κ1) is 36.5. The Morgan fingerprint density at radius 3 is 1.73 bits per heavy atom. The third-order valence-corrected chi connectivity index (χ3v) is 12.3. The van der Waals surface area contributed by atoms with E-state index >= 15 is 0 Å². The SMILES string of the molecule is c1ccc(-c2ccc(-c3ccc4oc5cccc(-c6cccc7c(C8=NC(c9cccc(-c%10ccccc%10)c9)NC(c9ccc%10ccccc%10c9)=N8)cccc67)c5c4c3)cc2)cc1. The predicted molar refractivity (Wildman–Crippen MR) is 262 cm³/mol. The Morgan fingerprint density at radius 1 is 0.365 bits per heavy atom. The molecule has 1 N–H and O–H groups in total. The number of hydrogen-bond donors (Lipinski definition) is 1. The van der Waals surface area contributed by atoms with Gasteiger partial charge in [-0.3, -0.25) is 0 Å². The summed E-state index contributed by atoms with van der Waals surface area (Å²) < 4.78 is 6.54. The molecule has 0 spiro atoms. The Bertz CT molecular complexity index is 3590. The number of furan rings is 1. The number of nitrogens with one attached hydrogen (secondary N) is 1. The summed E-state index contributed by atoms with van der Waals surface area (Å²) in [4.78, 5) is 10.7. The smallest absolute Gasteiger partial charge is 0.160 e. The van der Waals surface area contributed by atoms with E-state index in [0.29, 0.717) is 5.84 Å². The molecule has 1 aliphatic rings. The second-order valence-corrected chi connectivity index (χ2v) is 16.2. The zero-order valence-electron chi connectivity index (χ0n) is 34.2. The van der Waals surface area contributed by atoms with Gasteiger partial charge in [0, 0.05) is 21.9 Å². The van der Waals surface area contributed by atoms with Gasteiger partial charge in [0.05, 0.1) is 0 Å². The van der Waals surface area contributed by atoms with E-state index in [1.807, 2.05) is 0 Å². The first-order valence-electron chi connectivity index (χ1n) is 21.4. The molecule has 1 unspecified atom stereocenters. The van der Waals surface area contributed by atoms with E-state index in [2.05, 4.69) is 230 Å². The molecule has 0 amide bonds. The number of hydrogen-bond acceptors (Lipinski definition) is 4. The number of benzene rings is 10. The van der Waals surface area contributed by atoms with Crippen molar-refractivity contribution in [2.24, 2.45) is 9.98 Å². The van der Waals surface area contributed by atoms with Crippen molar-refractivity contribution in [3.8, 4) is 44.5 Å². The lowest BCUT2D eigenvalue weighted by atomic mass is 9.92. The minimum absolute atomic E-state index is 0.365. The molecule has 0 bridgehead atoms. The molecule has 1 aromatic heterocycles. The molecule has 63 heavy (non-hydrogen) atoms. The van der Waals surface area contributed by atoms with Gasteiger partial charge in [-0.25, -0.2) is 9.98 Å². The zero-order chi connectivity index (χ0) is 41.7. The molecular weight excluding hydrogens is 767 g/mol. The highest BCUT2D eigenvalue weighted by Gasteiger charge is 2.24. The van der Waals surface area contributed by atoms with Crippen LogP contribution in [-0.2, 0) is 0 Å². The van der Waals surface area contributed by atoms with Gasteiger partial charge in [0.25, 0.3) is 0 Å². The van der Waals surface area contributed by atoms with Crippen molar-refractivity contribution in [1.29, 1.82) is 0 Å². The summed E-state index contributed by atoms with van der Waals surface area (Å²) in [7, 11) is 0. The summed E-state index contributed by atoms with van der Waals surface area (Å²) in [6.07, 6.45) is -0.365. The molecule has 4 heteroatoms. The summed E-state index contributed by atoms with van der Waals surface area (Å²) in [5.41, 5.74) is 14.0. The molecule has 12 rings (SSSR count). The number of amidine groups is 2. The van der Waals surface area contributed by atoms with Gasteiger partial charge in [0.1, 0.15) is 23.2 Å². The Morgan fingerprint density at radius 2 is 0.937 bits per heavy atom. The molecule has 0 saturated heterocycles. The van der Waals surface area contributed by atoms with Gasteiger partial charge in [-0.1, -0.05) is 194 Å². The van der Waals surface area contributed by atoms with Crippen molar-refractivity contribution in [3.63, 3.8) is 0 Å². The lowest BCUT2D eigenvalue weighted by Gasteiger charge is -2.25. The number of nitrogens with zero attached hydrogens (tertiary/aromatic N) is 2. The van der Waals surface area contributed by atoms with Crippen LogP contribution in [0, 0.1) is 0 Å². The van der Waals surface area contributed by atoms with Crippen molar-refractivity contribution >= 4 is 55.2 Å². The van der Waals surface area contributed by atoms with E-state index in [4.69, 9.17) is 14.4 Å². The van der Waals surface area contributed by atoms with Crippen molar-refractivity contribution in [3.05, 3.63) is 241 Å². The van der Waals surface area contributed by atoms with Gasteiger partial charge >= 0.3 is 0 Å². The first-order chi connectivity index (χ1) is 31.2. The van der Waals surface area contributed by atoms with Gasteiger partial charge < -0.3 is 9.73 Å². The molecule has 10 aromatic carbocycles. The average Bonchev–Trinajstić information content (AvgIpc) is 3.75. The van der Waals surface area contributed by atoms with E-state index in [1.165, 1.54) is 22.1 Å². The van der Waals surface area contributed by atoms with Crippen LogP contribution in [0.1, 0.15) is 22.9 Å². The maximum atomic E-state index is 6.54. The largest absolute Gasteiger partial charge is 0.456 e. The topological polar surface area (TPSA) is 49.9 Å². The Kier molecular flexibility index (Phi) is 8.86. The molecule has 296 valence electrons. The van der Waals surface area contributed by atoms with Gasteiger partial charge in [-0.05, 0) is 102 Å². The number of fused-ring (bicyclic) bond motifs is 5. The van der Waals surface area contributed by atoms with Crippen molar-refractivity contribution in [1.82, 2.24) is 5.32 Å². The Balaban J connectivity index is 0.983. The highest BCUT2D eigenvalue weighted by Crippen LogP contribution is 2.41. The fourth-order valence-corrected chi connectivity index (χ4v) is 9.20. The van der Waals surface area contributed by atoms with Crippen LogP contribution in [0.15, 0.2) is 239 Å². The molecule has 1 aliphatic heterocycles. The van der Waals surface area contributed by atoms with E-state index in [9.17, 15) is 0 Å². The average molecular weight is 806 g/mol. The van der Waals surface area contributed by atoms with E-state index in [0.717, 1.165) is 88.4 Å². The van der Waals surface area contributed by atoms with Crippen LogP contribution in [0.25, 0.3) is 88.0 Å². The maximum absolute atomic E-state index is 6.54. The van der Waals surface area contributed by atoms with Crippen LogP contribution in [-0.4, -0.2) is 11.7 Å². The normalized spacial score (nSPS) is 13.9. The minimum atomic E-state index is -0.365. The molecule has 0 aliphatic carbocycles. The van der Waals surface area contributed by atoms with Gasteiger partial charge in [-0.15, -0.1) is 0 Å². The highest BCUT2D eigenvalue weighted by molar-refractivity contribution is 6.21. The molecule has 0 fully saturated rings. The second kappa shape index (κ2) is 15.3. The minimum Gasteiger partial charge on any atom is -0.456 e. The summed E-state index contributed by atoms with van der Waals surface area (Å²) in [5, 5.41) is 10.5. The maximum Gasteiger partial charge on any atom is 0.160 e. The lowest BCUT2D eigenvalue weighted by Crippen LogP contribution is -2.33. The molecule has 4 nitrogen and oxygen atoms in total.